The van der Waals surface area contributed by atoms with Gasteiger partial charge in [-0.1, -0.05) is 25.5 Å². The highest BCUT2D eigenvalue weighted by atomic mass is 16.6. The van der Waals surface area contributed by atoms with Gasteiger partial charge in [0, 0.05) is 25.2 Å². The van der Waals surface area contributed by atoms with Gasteiger partial charge in [0.05, 0.1) is 4.92 Å². The van der Waals surface area contributed by atoms with Gasteiger partial charge >= 0.3 is 6.09 Å². The van der Waals surface area contributed by atoms with E-state index in [1.54, 1.807) is 12.1 Å². The molecule has 1 amide bonds. The number of hydrogen-bond acceptors (Lipinski definition) is 3. The van der Waals surface area contributed by atoms with Crippen molar-refractivity contribution in [2.24, 2.45) is 0 Å². The fourth-order valence-corrected chi connectivity index (χ4v) is 1.58. The van der Waals surface area contributed by atoms with Crippen LogP contribution < -0.4 is 0 Å². The van der Waals surface area contributed by atoms with Crippen LogP contribution in [0.15, 0.2) is 24.3 Å². The highest BCUT2D eigenvalue weighted by Crippen LogP contribution is 2.15. The van der Waals surface area contributed by atoms with Crippen LogP contribution in [-0.4, -0.2) is 27.6 Å². The van der Waals surface area contributed by atoms with Crippen LogP contribution in [0.25, 0.3) is 0 Å². The molecule has 1 aromatic rings. The molecular formula is C12H16N2O4. The smallest absolute Gasteiger partial charge is 0.407 e. The molecule has 18 heavy (non-hydrogen) atoms. The number of amides is 1. The number of rotatable bonds is 6. The first-order valence-corrected chi connectivity index (χ1v) is 5.75. The minimum absolute atomic E-state index is 0.0201. The molecule has 0 radical (unpaired) electrons. The topological polar surface area (TPSA) is 83.7 Å². The predicted octanol–water partition coefficient (Wildman–Crippen LogP) is 2.87. The van der Waals surface area contributed by atoms with Gasteiger partial charge in [0.2, 0.25) is 0 Å². The van der Waals surface area contributed by atoms with Gasteiger partial charge in [0.15, 0.2) is 0 Å². The van der Waals surface area contributed by atoms with Crippen molar-refractivity contribution in [3.63, 3.8) is 0 Å². The van der Waals surface area contributed by atoms with E-state index < -0.39 is 11.0 Å². The largest absolute Gasteiger partial charge is 0.465 e. The van der Waals surface area contributed by atoms with E-state index in [1.165, 1.54) is 17.0 Å². The molecule has 0 aliphatic rings. The van der Waals surface area contributed by atoms with E-state index in [4.69, 9.17) is 5.11 Å². The summed E-state index contributed by atoms with van der Waals surface area (Å²) in [4.78, 5) is 22.4. The quantitative estimate of drug-likeness (QED) is 0.623. The summed E-state index contributed by atoms with van der Waals surface area (Å²) in [5, 5.41) is 19.7. The number of carbonyl (C=O) groups is 1. The first kappa shape index (κ1) is 14.0. The number of hydrogen-bond donors (Lipinski definition) is 1. The zero-order valence-corrected chi connectivity index (χ0v) is 10.2. The van der Waals surface area contributed by atoms with E-state index in [9.17, 15) is 14.9 Å². The average molecular weight is 252 g/mol. The number of nitro benzene ring substituents is 1. The number of nitrogens with zero attached hydrogens (tertiary/aromatic N) is 2. The van der Waals surface area contributed by atoms with Gasteiger partial charge in [-0.05, 0) is 12.0 Å². The van der Waals surface area contributed by atoms with Crippen molar-refractivity contribution in [3.05, 3.63) is 39.9 Å². The third-order valence-electron chi connectivity index (χ3n) is 2.55. The van der Waals surface area contributed by atoms with Crippen molar-refractivity contribution in [3.8, 4) is 0 Å². The summed E-state index contributed by atoms with van der Waals surface area (Å²) >= 11 is 0. The number of non-ortho nitro benzene ring substituents is 1. The van der Waals surface area contributed by atoms with Crippen LogP contribution >= 0.6 is 0 Å². The lowest BCUT2D eigenvalue weighted by Gasteiger charge is -2.18. The first-order valence-electron chi connectivity index (χ1n) is 5.75. The first-order chi connectivity index (χ1) is 8.54. The summed E-state index contributed by atoms with van der Waals surface area (Å²) in [6.45, 7) is 2.60. The predicted molar refractivity (Wildman–Crippen MR) is 66.4 cm³/mol. The van der Waals surface area contributed by atoms with E-state index >= 15 is 0 Å². The number of benzene rings is 1. The highest BCUT2D eigenvalue weighted by molar-refractivity contribution is 5.65. The Morgan fingerprint density at radius 1 is 1.50 bits per heavy atom. The molecule has 0 spiro atoms. The lowest BCUT2D eigenvalue weighted by Crippen LogP contribution is -2.29. The molecule has 0 fully saturated rings. The summed E-state index contributed by atoms with van der Waals surface area (Å²) in [5.41, 5.74) is 0.607. The molecule has 0 atom stereocenters. The SMILES string of the molecule is CCCCN(Cc1cccc([N+](=O)[O-])c1)C(=O)O. The summed E-state index contributed by atoms with van der Waals surface area (Å²) in [5.74, 6) is 0. The van der Waals surface area contributed by atoms with Gasteiger partial charge in [0.25, 0.3) is 5.69 Å². The van der Waals surface area contributed by atoms with Crippen LogP contribution in [0.3, 0.4) is 0 Å². The molecule has 1 rings (SSSR count). The Labute approximate surface area is 105 Å². The van der Waals surface area contributed by atoms with Crippen molar-refractivity contribution in [1.82, 2.24) is 4.90 Å². The van der Waals surface area contributed by atoms with Gasteiger partial charge in [-0.2, -0.15) is 0 Å². The molecule has 0 aliphatic heterocycles. The van der Waals surface area contributed by atoms with Crippen molar-refractivity contribution in [1.29, 1.82) is 0 Å². The van der Waals surface area contributed by atoms with Gasteiger partial charge in [-0.3, -0.25) is 10.1 Å². The maximum atomic E-state index is 11.0. The lowest BCUT2D eigenvalue weighted by atomic mass is 10.2. The third-order valence-corrected chi connectivity index (χ3v) is 2.55. The maximum Gasteiger partial charge on any atom is 0.407 e. The second kappa shape index (κ2) is 6.58. The number of carboxylic acid groups (broad SMARTS) is 1. The van der Waals surface area contributed by atoms with Gasteiger partial charge in [-0.25, -0.2) is 4.79 Å². The molecule has 0 saturated heterocycles. The second-order valence-electron chi connectivity index (χ2n) is 3.98. The lowest BCUT2D eigenvalue weighted by molar-refractivity contribution is -0.384. The van der Waals surface area contributed by atoms with Crippen LogP contribution in [0, 0.1) is 10.1 Å². The van der Waals surface area contributed by atoms with Crippen LogP contribution in [0.4, 0.5) is 10.5 Å². The molecule has 0 aromatic heterocycles. The monoisotopic (exact) mass is 252 g/mol. The fraction of sp³-hybridized carbons (Fsp3) is 0.417. The zero-order valence-electron chi connectivity index (χ0n) is 10.2. The van der Waals surface area contributed by atoms with E-state index in [0.717, 1.165) is 12.8 Å². The normalized spacial score (nSPS) is 10.1. The zero-order chi connectivity index (χ0) is 13.5. The Morgan fingerprint density at radius 3 is 2.78 bits per heavy atom. The maximum absolute atomic E-state index is 11.0. The van der Waals surface area contributed by atoms with Crippen molar-refractivity contribution in [2.45, 2.75) is 26.3 Å². The summed E-state index contributed by atoms with van der Waals surface area (Å²) in [7, 11) is 0. The van der Waals surface area contributed by atoms with Crippen LogP contribution in [0.5, 0.6) is 0 Å². The van der Waals surface area contributed by atoms with Gasteiger partial charge in [-0.15, -0.1) is 0 Å². The van der Waals surface area contributed by atoms with Gasteiger partial charge < -0.3 is 10.0 Å². The standard InChI is InChI=1S/C12H16N2O4/c1-2-3-7-13(12(15)16)9-10-5-4-6-11(8-10)14(17)18/h4-6,8H,2-3,7,9H2,1H3,(H,15,16). The van der Waals surface area contributed by atoms with Crippen molar-refractivity contribution < 1.29 is 14.8 Å². The van der Waals surface area contributed by atoms with Crippen LogP contribution in [0.2, 0.25) is 0 Å². The molecule has 0 heterocycles. The number of nitro groups is 1. The Hall–Kier alpha value is -2.11. The van der Waals surface area contributed by atoms with Crippen molar-refractivity contribution in [2.75, 3.05) is 6.54 Å². The van der Waals surface area contributed by atoms with E-state index in [0.29, 0.717) is 12.1 Å². The summed E-state index contributed by atoms with van der Waals surface area (Å²) < 4.78 is 0. The van der Waals surface area contributed by atoms with E-state index in [-0.39, 0.29) is 12.2 Å². The molecule has 98 valence electrons. The minimum Gasteiger partial charge on any atom is -0.465 e. The Balaban J connectivity index is 2.77. The molecule has 6 nitrogen and oxygen atoms in total. The molecule has 6 heteroatoms. The molecule has 0 unspecified atom stereocenters. The summed E-state index contributed by atoms with van der Waals surface area (Å²) in [6.07, 6.45) is 0.676. The van der Waals surface area contributed by atoms with E-state index in [2.05, 4.69) is 0 Å². The fourth-order valence-electron chi connectivity index (χ4n) is 1.58. The van der Waals surface area contributed by atoms with Gasteiger partial charge in [0.1, 0.15) is 0 Å². The van der Waals surface area contributed by atoms with Crippen LogP contribution in [0.1, 0.15) is 25.3 Å². The van der Waals surface area contributed by atoms with E-state index in [1.807, 2.05) is 6.92 Å². The minimum atomic E-state index is -1.00. The average Bonchev–Trinajstić information content (AvgIpc) is 2.34. The Morgan fingerprint density at radius 2 is 2.22 bits per heavy atom. The molecular weight excluding hydrogens is 236 g/mol. The summed E-state index contributed by atoms with van der Waals surface area (Å²) in [6, 6.07) is 6.05. The molecule has 1 N–H and O–H groups in total. The van der Waals surface area contributed by atoms with Crippen molar-refractivity contribution >= 4 is 11.8 Å². The third kappa shape index (κ3) is 4.04. The molecule has 0 bridgehead atoms. The second-order valence-corrected chi connectivity index (χ2v) is 3.98. The highest BCUT2D eigenvalue weighted by Gasteiger charge is 2.13. The van der Waals surface area contributed by atoms with Crippen LogP contribution in [-0.2, 0) is 6.54 Å². The molecule has 0 saturated carbocycles. The number of unbranched alkanes of at least 4 members (excludes halogenated alkanes) is 1. The molecule has 0 aliphatic carbocycles. The Bertz CT molecular complexity index is 434. The Kier molecular flexibility index (Phi) is 5.10. The molecule has 1 aromatic carbocycles.